The summed E-state index contributed by atoms with van der Waals surface area (Å²) >= 11 is 0. The number of aromatic hydroxyl groups is 1. The molecule has 0 aliphatic carbocycles. The molecule has 0 amide bonds. The third-order valence-corrected chi connectivity index (χ3v) is 1.84. The van der Waals surface area contributed by atoms with Gasteiger partial charge in [0.25, 0.3) is 0 Å². The lowest BCUT2D eigenvalue weighted by Crippen LogP contribution is -2.14. The van der Waals surface area contributed by atoms with Crippen LogP contribution in [0.15, 0.2) is 12.1 Å². The van der Waals surface area contributed by atoms with Crippen molar-refractivity contribution in [3.63, 3.8) is 0 Å². The molecule has 17 heavy (non-hydrogen) atoms. The average molecular weight is 250 g/mol. The zero-order chi connectivity index (χ0) is 12.5. The second-order valence-corrected chi connectivity index (χ2v) is 2.80. The van der Waals surface area contributed by atoms with Crippen molar-refractivity contribution in [3.8, 4) is 5.75 Å². The molecule has 0 aliphatic rings. The van der Waals surface area contributed by atoms with E-state index in [2.05, 4.69) is 0 Å². The summed E-state index contributed by atoms with van der Waals surface area (Å²) in [6.07, 6.45) is 0. The van der Waals surface area contributed by atoms with Crippen LogP contribution in [0, 0.1) is 0 Å². The number of rotatable bonds is 3. The van der Waals surface area contributed by atoms with Gasteiger partial charge in [-0.25, -0.2) is 14.4 Å². The quantitative estimate of drug-likeness (QED) is 0.559. The zero-order valence-electron chi connectivity index (χ0n) is 8.38. The Balaban J connectivity index is 0.00000256. The van der Waals surface area contributed by atoms with Crippen molar-refractivity contribution in [2.45, 2.75) is 0 Å². The summed E-state index contributed by atoms with van der Waals surface area (Å²) in [6, 6.07) is 1.65. The van der Waals surface area contributed by atoms with Gasteiger partial charge in [-0.05, 0) is 12.1 Å². The molecule has 1 rings (SSSR count). The van der Waals surface area contributed by atoms with E-state index in [-0.39, 0.29) is 23.1 Å². The fourth-order valence-corrected chi connectivity index (χ4v) is 1.21. The van der Waals surface area contributed by atoms with Gasteiger partial charge in [-0.2, -0.15) is 0 Å². The second kappa shape index (κ2) is 5.50. The first-order valence-corrected chi connectivity index (χ1v) is 3.92. The third kappa shape index (κ3) is 2.86. The van der Waals surface area contributed by atoms with E-state index in [1.54, 1.807) is 0 Å². The van der Waals surface area contributed by atoms with Crippen LogP contribution in [-0.2, 0) is 0 Å². The SMILES string of the molecule is O=C(O)c1ccc(O)c(C(=O)O)c1C(=O)O.[Mg]. The monoisotopic (exact) mass is 250 g/mol. The molecule has 0 spiro atoms. The van der Waals surface area contributed by atoms with Crippen LogP contribution >= 0.6 is 0 Å². The predicted molar refractivity (Wildman–Crippen MR) is 54.7 cm³/mol. The molecule has 0 atom stereocenters. The first-order valence-electron chi connectivity index (χ1n) is 3.92. The average Bonchev–Trinajstić information content (AvgIpc) is 2.15. The molecule has 0 saturated heterocycles. The minimum absolute atomic E-state index is 0. The Hall–Kier alpha value is -1.80. The molecule has 4 N–H and O–H groups in total. The van der Waals surface area contributed by atoms with E-state index in [4.69, 9.17) is 15.3 Å². The highest BCUT2D eigenvalue weighted by Gasteiger charge is 2.26. The first kappa shape index (κ1) is 15.2. The highest BCUT2D eigenvalue weighted by Crippen LogP contribution is 2.24. The predicted octanol–water partition coefficient (Wildman–Crippen LogP) is 0.106. The van der Waals surface area contributed by atoms with Gasteiger partial charge in [0, 0.05) is 23.1 Å². The number of hydrogen-bond donors (Lipinski definition) is 4. The van der Waals surface area contributed by atoms with Crippen molar-refractivity contribution in [2.75, 3.05) is 0 Å². The molecular formula is C9H6MgO7. The highest BCUT2D eigenvalue weighted by molar-refractivity contribution is 6.10. The van der Waals surface area contributed by atoms with Crippen molar-refractivity contribution in [3.05, 3.63) is 28.8 Å². The van der Waals surface area contributed by atoms with E-state index in [1.807, 2.05) is 0 Å². The zero-order valence-corrected chi connectivity index (χ0v) is 9.79. The first-order chi connectivity index (χ1) is 7.36. The van der Waals surface area contributed by atoms with Crippen LogP contribution in [0.4, 0.5) is 0 Å². The van der Waals surface area contributed by atoms with Gasteiger partial charge in [-0.15, -0.1) is 0 Å². The molecule has 1 aromatic carbocycles. The summed E-state index contributed by atoms with van der Waals surface area (Å²) in [4.78, 5) is 32.1. The molecule has 0 bridgehead atoms. The minimum atomic E-state index is -1.73. The van der Waals surface area contributed by atoms with E-state index < -0.39 is 40.3 Å². The van der Waals surface area contributed by atoms with Crippen molar-refractivity contribution in [1.29, 1.82) is 0 Å². The third-order valence-electron chi connectivity index (χ3n) is 1.84. The lowest BCUT2D eigenvalue weighted by Gasteiger charge is -2.07. The number of benzene rings is 1. The minimum Gasteiger partial charge on any atom is -0.507 e. The van der Waals surface area contributed by atoms with Gasteiger partial charge < -0.3 is 20.4 Å². The maximum Gasteiger partial charge on any atom is 0.340 e. The second-order valence-electron chi connectivity index (χ2n) is 2.80. The van der Waals surface area contributed by atoms with E-state index in [9.17, 15) is 19.5 Å². The summed E-state index contributed by atoms with van der Waals surface area (Å²) in [5.74, 6) is -5.82. The number of hydrogen-bond acceptors (Lipinski definition) is 4. The largest absolute Gasteiger partial charge is 0.507 e. The number of carboxylic acids is 3. The fraction of sp³-hybridized carbons (Fsp3) is 0. The summed E-state index contributed by atoms with van der Waals surface area (Å²) in [5.41, 5.74) is -2.57. The van der Waals surface area contributed by atoms with Crippen LogP contribution in [0.25, 0.3) is 0 Å². The van der Waals surface area contributed by atoms with Crippen LogP contribution < -0.4 is 0 Å². The summed E-state index contributed by atoms with van der Waals surface area (Å²) in [5, 5.41) is 35.3. The molecule has 0 fully saturated rings. The Morgan fingerprint density at radius 1 is 0.824 bits per heavy atom. The Morgan fingerprint density at radius 2 is 1.29 bits per heavy atom. The summed E-state index contributed by atoms with van der Waals surface area (Å²) < 4.78 is 0. The number of carbonyl (C=O) groups is 3. The lowest BCUT2D eigenvalue weighted by atomic mass is 10.00. The van der Waals surface area contributed by atoms with Crippen molar-refractivity contribution in [2.24, 2.45) is 0 Å². The van der Waals surface area contributed by atoms with E-state index >= 15 is 0 Å². The van der Waals surface area contributed by atoms with E-state index in [0.29, 0.717) is 0 Å². The molecule has 0 saturated carbocycles. The van der Waals surface area contributed by atoms with Crippen molar-refractivity contribution in [1.82, 2.24) is 0 Å². The van der Waals surface area contributed by atoms with Crippen LogP contribution in [-0.4, -0.2) is 61.4 Å². The van der Waals surface area contributed by atoms with Gasteiger partial charge in [-0.3, -0.25) is 0 Å². The standard InChI is InChI=1S/C9H6O7.Mg/c10-4-2-1-3(7(11)12)5(8(13)14)6(4)9(15)16;/h1-2,10H,(H,11,12)(H,13,14)(H,15,16);. The Bertz CT molecular complexity index is 494. The van der Waals surface area contributed by atoms with E-state index in [1.165, 1.54) is 0 Å². The van der Waals surface area contributed by atoms with Crippen LogP contribution in [0.3, 0.4) is 0 Å². The fourth-order valence-electron chi connectivity index (χ4n) is 1.21. The Kier molecular flexibility index (Phi) is 4.92. The number of aromatic carboxylic acids is 3. The Morgan fingerprint density at radius 3 is 1.65 bits per heavy atom. The molecule has 2 radical (unpaired) electrons. The summed E-state index contributed by atoms with van der Waals surface area (Å²) in [6.45, 7) is 0. The molecule has 0 aromatic heterocycles. The summed E-state index contributed by atoms with van der Waals surface area (Å²) in [7, 11) is 0. The smallest absolute Gasteiger partial charge is 0.340 e. The molecule has 0 heterocycles. The van der Waals surface area contributed by atoms with Crippen LogP contribution in [0.1, 0.15) is 31.1 Å². The molecular weight excluding hydrogens is 244 g/mol. The molecule has 8 heteroatoms. The highest BCUT2D eigenvalue weighted by atomic mass is 24.3. The van der Waals surface area contributed by atoms with Gasteiger partial charge in [-0.1, -0.05) is 0 Å². The lowest BCUT2D eigenvalue weighted by molar-refractivity contribution is 0.0631. The molecule has 0 unspecified atom stereocenters. The van der Waals surface area contributed by atoms with Crippen molar-refractivity contribution >= 4 is 41.0 Å². The normalized spacial score (nSPS) is 9.18. The van der Waals surface area contributed by atoms with E-state index in [0.717, 1.165) is 12.1 Å². The number of carboxylic acid groups (broad SMARTS) is 3. The molecule has 1 aromatic rings. The maximum atomic E-state index is 10.8. The number of phenols is 1. The van der Waals surface area contributed by atoms with Crippen LogP contribution in [0.2, 0.25) is 0 Å². The van der Waals surface area contributed by atoms with Crippen LogP contribution in [0.5, 0.6) is 5.75 Å². The topological polar surface area (TPSA) is 132 Å². The molecule has 7 nitrogen and oxygen atoms in total. The maximum absolute atomic E-state index is 10.8. The van der Waals surface area contributed by atoms with Gasteiger partial charge in [0.05, 0.1) is 11.1 Å². The van der Waals surface area contributed by atoms with Gasteiger partial charge >= 0.3 is 17.9 Å². The molecule has 0 aliphatic heterocycles. The molecule has 86 valence electrons. The van der Waals surface area contributed by atoms with Crippen molar-refractivity contribution < 1.29 is 34.8 Å². The van der Waals surface area contributed by atoms with Gasteiger partial charge in [0.2, 0.25) is 0 Å². The van der Waals surface area contributed by atoms with Gasteiger partial charge in [0.15, 0.2) is 0 Å². The Labute approximate surface area is 110 Å². The van der Waals surface area contributed by atoms with Gasteiger partial charge in [0.1, 0.15) is 11.3 Å².